The predicted molar refractivity (Wildman–Crippen MR) is 92.4 cm³/mol. The molecular weight excluding hydrogens is 290 g/mol. The Balaban J connectivity index is 1.94. The first kappa shape index (κ1) is 17.0. The van der Waals surface area contributed by atoms with Crippen molar-refractivity contribution in [3.05, 3.63) is 60.2 Å². The van der Waals surface area contributed by atoms with Crippen molar-refractivity contribution in [2.24, 2.45) is 5.73 Å². The lowest BCUT2D eigenvalue weighted by molar-refractivity contribution is -0.117. The van der Waals surface area contributed by atoms with Crippen LogP contribution < -0.4 is 15.8 Å². The highest BCUT2D eigenvalue weighted by molar-refractivity contribution is 5.92. The molecule has 0 aromatic heterocycles. The summed E-state index contributed by atoms with van der Waals surface area (Å²) in [6.45, 7) is 2.17. The molecule has 0 unspecified atom stereocenters. The number of hydrogen-bond acceptors (Lipinski definition) is 4. The Labute approximate surface area is 137 Å². The van der Waals surface area contributed by atoms with E-state index in [9.17, 15) is 4.79 Å². The molecular formula is C18H23N3O2. The Kier molecular flexibility index (Phi) is 6.59. The SMILES string of the molecule is COc1cccc(NC(=O)CN(CCN)Cc2ccccc2)c1. The third kappa shape index (κ3) is 5.73. The fraction of sp³-hybridized carbons (Fsp3) is 0.278. The van der Waals surface area contributed by atoms with Crippen LogP contribution in [-0.4, -0.2) is 37.6 Å². The fourth-order valence-electron chi connectivity index (χ4n) is 2.34. The third-order valence-electron chi connectivity index (χ3n) is 3.42. The van der Waals surface area contributed by atoms with Gasteiger partial charge in [0.25, 0.3) is 0 Å². The quantitative estimate of drug-likeness (QED) is 0.783. The van der Waals surface area contributed by atoms with Gasteiger partial charge in [0, 0.05) is 31.4 Å². The number of nitrogens with zero attached hydrogens (tertiary/aromatic N) is 1. The zero-order valence-corrected chi connectivity index (χ0v) is 13.4. The molecule has 0 spiro atoms. The maximum Gasteiger partial charge on any atom is 0.238 e. The molecule has 0 saturated heterocycles. The average Bonchev–Trinajstić information content (AvgIpc) is 2.56. The van der Waals surface area contributed by atoms with Gasteiger partial charge in [0.2, 0.25) is 5.91 Å². The van der Waals surface area contributed by atoms with Crippen molar-refractivity contribution in [3.8, 4) is 5.75 Å². The van der Waals surface area contributed by atoms with Crippen LogP contribution in [0.1, 0.15) is 5.56 Å². The maximum atomic E-state index is 12.3. The van der Waals surface area contributed by atoms with Gasteiger partial charge in [-0.2, -0.15) is 0 Å². The van der Waals surface area contributed by atoms with Crippen LogP contribution >= 0.6 is 0 Å². The Morgan fingerprint density at radius 1 is 1.17 bits per heavy atom. The van der Waals surface area contributed by atoms with Crippen LogP contribution in [0.25, 0.3) is 0 Å². The highest BCUT2D eigenvalue weighted by atomic mass is 16.5. The molecule has 1 amide bonds. The van der Waals surface area contributed by atoms with Gasteiger partial charge in [-0.25, -0.2) is 0 Å². The summed E-state index contributed by atoms with van der Waals surface area (Å²) < 4.78 is 5.16. The Morgan fingerprint density at radius 3 is 2.65 bits per heavy atom. The number of carbonyl (C=O) groups is 1. The van der Waals surface area contributed by atoms with Crippen molar-refractivity contribution in [2.75, 3.05) is 32.1 Å². The van der Waals surface area contributed by atoms with Gasteiger partial charge in [0.15, 0.2) is 0 Å². The van der Waals surface area contributed by atoms with Crippen molar-refractivity contribution in [1.82, 2.24) is 4.90 Å². The van der Waals surface area contributed by atoms with Crippen LogP contribution in [0, 0.1) is 0 Å². The first-order valence-corrected chi connectivity index (χ1v) is 7.61. The Bertz CT molecular complexity index is 617. The summed E-state index contributed by atoms with van der Waals surface area (Å²) in [6, 6.07) is 17.4. The number of rotatable bonds is 8. The van der Waals surface area contributed by atoms with Crippen molar-refractivity contribution in [1.29, 1.82) is 0 Å². The van der Waals surface area contributed by atoms with Crippen LogP contribution in [0.5, 0.6) is 5.75 Å². The van der Waals surface area contributed by atoms with E-state index < -0.39 is 0 Å². The molecule has 0 fully saturated rings. The fourth-order valence-corrected chi connectivity index (χ4v) is 2.34. The zero-order chi connectivity index (χ0) is 16.5. The predicted octanol–water partition coefficient (Wildman–Crippen LogP) is 2.09. The van der Waals surface area contributed by atoms with E-state index in [0.29, 0.717) is 31.9 Å². The minimum absolute atomic E-state index is 0.0670. The van der Waals surface area contributed by atoms with Crippen LogP contribution in [0.4, 0.5) is 5.69 Å². The molecule has 5 heteroatoms. The summed E-state index contributed by atoms with van der Waals surface area (Å²) in [5.41, 5.74) is 7.55. The maximum absolute atomic E-state index is 12.3. The highest BCUT2D eigenvalue weighted by Crippen LogP contribution is 2.16. The Hall–Kier alpha value is -2.37. The minimum atomic E-state index is -0.0670. The summed E-state index contributed by atoms with van der Waals surface area (Å²) in [4.78, 5) is 14.3. The highest BCUT2D eigenvalue weighted by Gasteiger charge is 2.11. The number of anilines is 1. The van der Waals surface area contributed by atoms with E-state index in [-0.39, 0.29) is 5.91 Å². The Morgan fingerprint density at radius 2 is 1.96 bits per heavy atom. The first-order valence-electron chi connectivity index (χ1n) is 7.61. The van der Waals surface area contributed by atoms with Crippen LogP contribution in [0.3, 0.4) is 0 Å². The lowest BCUT2D eigenvalue weighted by Gasteiger charge is -2.21. The number of ether oxygens (including phenoxy) is 1. The summed E-state index contributed by atoms with van der Waals surface area (Å²) >= 11 is 0. The van der Waals surface area contributed by atoms with Crippen molar-refractivity contribution >= 4 is 11.6 Å². The van der Waals surface area contributed by atoms with Gasteiger partial charge < -0.3 is 15.8 Å². The molecule has 23 heavy (non-hydrogen) atoms. The smallest absolute Gasteiger partial charge is 0.238 e. The number of nitrogens with one attached hydrogen (secondary N) is 1. The molecule has 2 aromatic rings. The number of nitrogens with two attached hydrogens (primary N) is 1. The zero-order valence-electron chi connectivity index (χ0n) is 13.4. The van der Waals surface area contributed by atoms with E-state index in [2.05, 4.69) is 5.32 Å². The summed E-state index contributed by atoms with van der Waals surface area (Å²) in [5.74, 6) is 0.647. The van der Waals surface area contributed by atoms with E-state index in [1.54, 1.807) is 13.2 Å². The summed E-state index contributed by atoms with van der Waals surface area (Å²) in [5, 5.41) is 2.89. The standard InChI is InChI=1S/C18H23N3O2/c1-23-17-9-5-8-16(12-17)20-18(22)14-21(11-10-19)13-15-6-3-2-4-7-15/h2-9,12H,10-11,13-14,19H2,1H3,(H,20,22). The summed E-state index contributed by atoms with van der Waals surface area (Å²) in [6.07, 6.45) is 0. The van der Waals surface area contributed by atoms with Gasteiger partial charge in [-0.1, -0.05) is 36.4 Å². The van der Waals surface area contributed by atoms with Crippen LogP contribution in [0.2, 0.25) is 0 Å². The van der Waals surface area contributed by atoms with Gasteiger partial charge in [-0.3, -0.25) is 9.69 Å². The number of methoxy groups -OCH3 is 1. The molecule has 0 bridgehead atoms. The third-order valence-corrected chi connectivity index (χ3v) is 3.42. The van der Waals surface area contributed by atoms with E-state index in [0.717, 1.165) is 11.3 Å². The van der Waals surface area contributed by atoms with E-state index >= 15 is 0 Å². The lowest BCUT2D eigenvalue weighted by Crippen LogP contribution is -2.36. The summed E-state index contributed by atoms with van der Waals surface area (Å²) in [7, 11) is 1.60. The molecule has 0 aliphatic rings. The van der Waals surface area contributed by atoms with E-state index in [4.69, 9.17) is 10.5 Å². The second-order valence-electron chi connectivity index (χ2n) is 5.27. The normalized spacial score (nSPS) is 10.6. The van der Waals surface area contributed by atoms with Gasteiger partial charge in [0.05, 0.1) is 13.7 Å². The molecule has 0 heterocycles. The molecule has 0 aliphatic heterocycles. The molecule has 122 valence electrons. The number of hydrogen-bond donors (Lipinski definition) is 2. The lowest BCUT2D eigenvalue weighted by atomic mass is 10.2. The molecule has 0 radical (unpaired) electrons. The van der Waals surface area contributed by atoms with Gasteiger partial charge in [-0.05, 0) is 17.7 Å². The number of benzene rings is 2. The van der Waals surface area contributed by atoms with Crippen molar-refractivity contribution in [3.63, 3.8) is 0 Å². The van der Waals surface area contributed by atoms with Crippen LogP contribution in [-0.2, 0) is 11.3 Å². The van der Waals surface area contributed by atoms with Crippen molar-refractivity contribution < 1.29 is 9.53 Å². The average molecular weight is 313 g/mol. The largest absolute Gasteiger partial charge is 0.497 e. The molecule has 2 aromatic carbocycles. The molecule has 0 saturated carbocycles. The molecule has 0 atom stereocenters. The number of carbonyl (C=O) groups excluding carboxylic acids is 1. The molecule has 5 nitrogen and oxygen atoms in total. The monoisotopic (exact) mass is 313 g/mol. The topological polar surface area (TPSA) is 67.6 Å². The van der Waals surface area contributed by atoms with E-state index in [1.807, 2.05) is 53.4 Å². The van der Waals surface area contributed by atoms with Gasteiger partial charge in [-0.15, -0.1) is 0 Å². The molecule has 2 rings (SSSR count). The minimum Gasteiger partial charge on any atom is -0.497 e. The van der Waals surface area contributed by atoms with Gasteiger partial charge >= 0.3 is 0 Å². The second-order valence-corrected chi connectivity index (χ2v) is 5.27. The first-order chi connectivity index (χ1) is 11.2. The van der Waals surface area contributed by atoms with Crippen LogP contribution in [0.15, 0.2) is 54.6 Å². The second kappa shape index (κ2) is 8.92. The van der Waals surface area contributed by atoms with Crippen molar-refractivity contribution in [2.45, 2.75) is 6.54 Å². The molecule has 3 N–H and O–H groups in total. The van der Waals surface area contributed by atoms with E-state index in [1.165, 1.54) is 0 Å². The number of amides is 1. The van der Waals surface area contributed by atoms with Gasteiger partial charge in [0.1, 0.15) is 5.75 Å². The molecule has 0 aliphatic carbocycles.